The van der Waals surface area contributed by atoms with E-state index in [0.717, 1.165) is 35.8 Å². The van der Waals surface area contributed by atoms with E-state index < -0.39 is 12.1 Å². The third-order valence-corrected chi connectivity index (χ3v) is 7.81. The largest absolute Gasteiger partial charge is 0.391 e. The minimum absolute atomic E-state index is 0.148. The molecule has 0 aliphatic carbocycles. The van der Waals surface area contributed by atoms with E-state index in [1.54, 1.807) is 22.3 Å². The van der Waals surface area contributed by atoms with E-state index in [-0.39, 0.29) is 23.3 Å². The Morgan fingerprint density at radius 1 is 1.32 bits per heavy atom. The van der Waals surface area contributed by atoms with Gasteiger partial charge in [-0.3, -0.25) is 9.59 Å². The third kappa shape index (κ3) is 7.20. The summed E-state index contributed by atoms with van der Waals surface area (Å²) in [5.41, 5.74) is 0.267. The molecule has 2 aromatic rings. The maximum absolute atomic E-state index is 13.2. The number of rotatable bonds is 11. The molecule has 2 aromatic heterocycles. The number of imidazole rings is 1. The van der Waals surface area contributed by atoms with E-state index in [2.05, 4.69) is 41.8 Å². The number of thiophene rings is 1. The van der Waals surface area contributed by atoms with Crippen LogP contribution in [0.2, 0.25) is 0 Å². The predicted molar refractivity (Wildman–Crippen MR) is 151 cm³/mol. The van der Waals surface area contributed by atoms with Crippen molar-refractivity contribution in [2.75, 3.05) is 13.1 Å². The lowest BCUT2D eigenvalue weighted by Gasteiger charge is -2.25. The quantitative estimate of drug-likeness (QED) is 0.441. The first kappa shape index (κ1) is 28.9. The molecule has 2 N–H and O–H groups in total. The fourth-order valence-electron chi connectivity index (χ4n) is 5.00. The van der Waals surface area contributed by atoms with Crippen LogP contribution in [-0.2, 0) is 16.0 Å². The summed E-state index contributed by atoms with van der Waals surface area (Å²) in [6.07, 6.45) is 7.06. The highest BCUT2D eigenvalue weighted by Gasteiger charge is 2.31. The second-order valence-corrected chi connectivity index (χ2v) is 11.3. The van der Waals surface area contributed by atoms with Crippen molar-refractivity contribution in [3.05, 3.63) is 51.1 Å². The van der Waals surface area contributed by atoms with Crippen LogP contribution < -0.4 is 16.0 Å². The molecule has 1 saturated heterocycles. The van der Waals surface area contributed by atoms with Crippen molar-refractivity contribution in [2.24, 2.45) is 5.92 Å². The van der Waals surface area contributed by atoms with Gasteiger partial charge in [-0.2, -0.15) is 0 Å². The number of amides is 2. The second kappa shape index (κ2) is 13.2. The van der Waals surface area contributed by atoms with Crippen LogP contribution in [0, 0.1) is 5.92 Å². The predicted octanol–water partition coefficient (Wildman–Crippen LogP) is 3.16. The second-order valence-electron chi connectivity index (χ2n) is 10.2. The molecule has 202 valence electrons. The Bertz CT molecular complexity index is 1190. The number of nitrogens with zero attached hydrogens (tertiary/aromatic N) is 3. The van der Waals surface area contributed by atoms with Crippen LogP contribution in [0.25, 0.3) is 12.2 Å². The number of nitrogens with one attached hydrogen (secondary N) is 1. The van der Waals surface area contributed by atoms with Gasteiger partial charge in [0, 0.05) is 36.0 Å². The van der Waals surface area contributed by atoms with Crippen molar-refractivity contribution in [1.29, 1.82) is 0 Å². The lowest BCUT2D eigenvalue weighted by Crippen LogP contribution is -2.49. The smallest absolute Gasteiger partial charge is 0.251 e. The number of carbonyl (C=O) groups is 2. The van der Waals surface area contributed by atoms with Gasteiger partial charge < -0.3 is 19.9 Å². The highest BCUT2D eigenvalue weighted by Crippen LogP contribution is 2.19. The lowest BCUT2D eigenvalue weighted by molar-refractivity contribution is -0.135. The lowest BCUT2D eigenvalue weighted by atomic mass is 10.0. The Hall–Kier alpha value is -2.71. The number of aliphatic hydroxyl groups excluding tert-OH is 1. The summed E-state index contributed by atoms with van der Waals surface area (Å²) in [4.78, 5) is 34.2. The molecule has 0 radical (unpaired) electrons. The molecule has 3 rings (SSSR count). The molecule has 2 atom stereocenters. The van der Waals surface area contributed by atoms with Gasteiger partial charge in [0.25, 0.3) is 5.91 Å². The van der Waals surface area contributed by atoms with Gasteiger partial charge >= 0.3 is 0 Å². The molecule has 37 heavy (non-hydrogen) atoms. The molecule has 7 nitrogen and oxygen atoms in total. The van der Waals surface area contributed by atoms with Gasteiger partial charge in [0.2, 0.25) is 5.91 Å². The van der Waals surface area contributed by atoms with Gasteiger partial charge in [-0.05, 0) is 56.0 Å². The molecule has 1 aliphatic heterocycles. The molecule has 0 spiro atoms. The van der Waals surface area contributed by atoms with Crippen LogP contribution in [0.1, 0.15) is 77.0 Å². The first-order valence-corrected chi connectivity index (χ1v) is 14.3. The summed E-state index contributed by atoms with van der Waals surface area (Å²) in [6.45, 7) is 15.3. The van der Waals surface area contributed by atoms with E-state index in [1.807, 2.05) is 32.9 Å². The van der Waals surface area contributed by atoms with E-state index in [9.17, 15) is 14.7 Å². The number of aliphatic hydroxyl groups is 1. The maximum atomic E-state index is 13.2. The Balaban J connectivity index is 1.91. The number of β-amino-alcohol motifs (C(OH)–C–C–N with tert-alkyl or cyclic N) is 1. The van der Waals surface area contributed by atoms with Crippen molar-refractivity contribution in [2.45, 2.75) is 84.9 Å². The average molecular weight is 527 g/mol. The van der Waals surface area contributed by atoms with E-state index in [0.29, 0.717) is 32.0 Å². The van der Waals surface area contributed by atoms with Crippen molar-refractivity contribution in [3.8, 4) is 0 Å². The first-order valence-electron chi connectivity index (χ1n) is 13.4. The summed E-state index contributed by atoms with van der Waals surface area (Å²) in [7, 11) is 0. The molecule has 1 aliphatic rings. The fraction of sp³-hybridized carbons (Fsp3) is 0.552. The monoisotopic (exact) mass is 526 g/mol. The molecular formula is C29H42N4O3S. The summed E-state index contributed by atoms with van der Waals surface area (Å²) in [6, 6.07) is 3.82. The topological polar surface area (TPSA) is 87.5 Å². The van der Waals surface area contributed by atoms with Crippen molar-refractivity contribution in [3.63, 3.8) is 0 Å². The minimum atomic E-state index is -0.656. The van der Waals surface area contributed by atoms with Crippen LogP contribution in [0.3, 0.4) is 0 Å². The normalized spacial score (nSPS) is 17.7. The Morgan fingerprint density at radius 3 is 2.59 bits per heavy atom. The minimum Gasteiger partial charge on any atom is -0.391 e. The van der Waals surface area contributed by atoms with E-state index >= 15 is 0 Å². The van der Waals surface area contributed by atoms with Crippen LogP contribution in [0.5, 0.6) is 0 Å². The number of hydrogen-bond acceptors (Lipinski definition) is 5. The summed E-state index contributed by atoms with van der Waals surface area (Å²) >= 11 is 1.71. The van der Waals surface area contributed by atoms with Crippen molar-refractivity contribution in [1.82, 2.24) is 19.8 Å². The van der Waals surface area contributed by atoms with Crippen LogP contribution in [0.4, 0.5) is 0 Å². The molecule has 0 bridgehead atoms. The highest BCUT2D eigenvalue weighted by atomic mass is 32.1. The van der Waals surface area contributed by atoms with Crippen LogP contribution in [-0.4, -0.2) is 56.6 Å². The molecule has 1 fully saturated rings. The maximum Gasteiger partial charge on any atom is 0.251 e. The zero-order chi connectivity index (χ0) is 27.1. The van der Waals surface area contributed by atoms with E-state index in [4.69, 9.17) is 4.98 Å². The van der Waals surface area contributed by atoms with Gasteiger partial charge in [0.15, 0.2) is 0 Å². The van der Waals surface area contributed by atoms with Gasteiger partial charge in [-0.1, -0.05) is 46.4 Å². The Kier molecular flexibility index (Phi) is 10.3. The van der Waals surface area contributed by atoms with Crippen LogP contribution >= 0.6 is 11.3 Å². The van der Waals surface area contributed by atoms with Gasteiger partial charge in [0.05, 0.1) is 16.8 Å². The summed E-state index contributed by atoms with van der Waals surface area (Å²) in [5, 5.41) is 16.6. The summed E-state index contributed by atoms with van der Waals surface area (Å²) < 4.78 is 2.31. The molecule has 8 heteroatoms. The standard InChI is InChI=1S/C29H42N4O3S/c1-7-21(8-2)33-26(9-3)24(30-27(33)17-23-11-10-14-37-23)16-20(6)28(35)31-25(15-19(4)5)29(36)32-13-12-22(34)18-32/h9-11,14,16,19,21-22,25,34H,6-8,12-13,15,17-18H2,1-5H3,(H,31,35)/b24-16+,26-9+/t22?,25-/m0/s1. The number of carbonyl (C=O) groups excluding carboxylic acids is 2. The van der Waals surface area contributed by atoms with Gasteiger partial charge in [-0.25, -0.2) is 4.98 Å². The third-order valence-electron chi connectivity index (χ3n) is 6.93. The van der Waals surface area contributed by atoms with Gasteiger partial charge in [0.1, 0.15) is 11.9 Å². The van der Waals surface area contributed by atoms with Gasteiger partial charge in [-0.15, -0.1) is 11.3 Å². The number of aromatic nitrogens is 2. The van der Waals surface area contributed by atoms with E-state index in [1.165, 1.54) is 4.88 Å². The number of likely N-dealkylation sites (tertiary alicyclic amines) is 1. The van der Waals surface area contributed by atoms with Crippen molar-refractivity contribution >= 4 is 35.3 Å². The van der Waals surface area contributed by atoms with Crippen molar-refractivity contribution < 1.29 is 14.7 Å². The zero-order valence-electron chi connectivity index (χ0n) is 22.9. The first-order chi connectivity index (χ1) is 17.7. The SMILES string of the molecule is C=C(/C=c1/nc(Cc2cccs2)n(C(CC)CC)/c1=C/C)C(=O)N[C@@H](CC(C)C)C(=O)N1CCC(O)C1. The Labute approximate surface area is 224 Å². The number of hydrogen-bond donors (Lipinski definition) is 2. The molecule has 2 amide bonds. The average Bonchev–Trinajstić information content (AvgIpc) is 3.60. The molecule has 1 unspecified atom stereocenters. The zero-order valence-corrected chi connectivity index (χ0v) is 23.7. The molecule has 3 heterocycles. The van der Waals surface area contributed by atoms with Crippen LogP contribution in [0.15, 0.2) is 29.7 Å². The molecule has 0 saturated carbocycles. The fourth-order valence-corrected chi connectivity index (χ4v) is 5.70. The Morgan fingerprint density at radius 2 is 2.05 bits per heavy atom. The molecular weight excluding hydrogens is 484 g/mol. The molecule has 0 aromatic carbocycles. The highest BCUT2D eigenvalue weighted by molar-refractivity contribution is 7.09. The summed E-state index contributed by atoms with van der Waals surface area (Å²) in [5.74, 6) is 0.669.